The van der Waals surface area contributed by atoms with Crippen LogP contribution in [-0.4, -0.2) is 51.9 Å². The topological polar surface area (TPSA) is 71.9 Å². The van der Waals surface area contributed by atoms with E-state index in [2.05, 4.69) is 9.35 Å². The summed E-state index contributed by atoms with van der Waals surface area (Å²) in [5.74, 6) is 0.577. The van der Waals surface area contributed by atoms with Gasteiger partial charge in [-0.25, -0.2) is 9.19 Å². The van der Waals surface area contributed by atoms with Gasteiger partial charge in [0.25, 0.3) is 5.91 Å². The van der Waals surface area contributed by atoms with Crippen molar-refractivity contribution in [2.75, 3.05) is 36.1 Å². The number of aromatic nitrogens is 1. The molecule has 1 aromatic heterocycles. The van der Waals surface area contributed by atoms with E-state index in [-0.39, 0.29) is 11.5 Å². The molecular formula is C16H20F3N3O3S. The lowest BCUT2D eigenvalue weighted by Gasteiger charge is -2.45. The van der Waals surface area contributed by atoms with E-state index in [0.717, 1.165) is 12.3 Å². The van der Waals surface area contributed by atoms with Crippen molar-refractivity contribution in [3.8, 4) is 0 Å². The number of ether oxygens (including phenoxy) is 1. The van der Waals surface area contributed by atoms with Crippen molar-refractivity contribution in [3.63, 3.8) is 0 Å². The van der Waals surface area contributed by atoms with E-state index in [1.165, 1.54) is 13.0 Å². The van der Waals surface area contributed by atoms with Gasteiger partial charge in [0.05, 0.1) is 27.5 Å². The number of halogens is 3. The molecule has 10 heteroatoms. The first-order valence-electron chi connectivity index (χ1n) is 8.26. The lowest BCUT2D eigenvalue weighted by Crippen LogP contribution is -2.55. The van der Waals surface area contributed by atoms with Gasteiger partial charge in [-0.1, -0.05) is 0 Å². The zero-order chi connectivity index (χ0) is 19.0. The number of morpholine rings is 1. The van der Waals surface area contributed by atoms with Gasteiger partial charge >= 0.3 is 6.18 Å². The molecule has 2 aliphatic rings. The first-order valence-corrected chi connectivity index (χ1v) is 10.1. The highest BCUT2D eigenvalue weighted by molar-refractivity contribution is 7.93. The molecule has 144 valence electrons. The van der Waals surface area contributed by atoms with Crippen LogP contribution in [0.5, 0.6) is 0 Å². The molecule has 3 rings (SSSR count). The highest BCUT2D eigenvalue weighted by atomic mass is 32.2. The van der Waals surface area contributed by atoms with Crippen LogP contribution in [0.2, 0.25) is 0 Å². The Balaban J connectivity index is 1.72. The van der Waals surface area contributed by atoms with Gasteiger partial charge in [0.15, 0.2) is 0 Å². The maximum atomic E-state index is 12.7. The van der Waals surface area contributed by atoms with Crippen LogP contribution in [0, 0.1) is 0 Å². The van der Waals surface area contributed by atoms with Crippen LogP contribution >= 0.6 is 0 Å². The average molecular weight is 391 g/mol. The molecule has 0 atom stereocenters. The third-order valence-corrected chi connectivity index (χ3v) is 6.97. The molecule has 0 unspecified atom stereocenters. The number of anilines is 1. The highest BCUT2D eigenvalue weighted by Crippen LogP contribution is 2.34. The third kappa shape index (κ3) is 4.17. The summed E-state index contributed by atoms with van der Waals surface area (Å²) in [5.41, 5.74) is -1.32. The summed E-state index contributed by atoms with van der Waals surface area (Å²) >= 11 is 0. The molecule has 0 N–H and O–H groups in total. The van der Waals surface area contributed by atoms with Gasteiger partial charge in [0.2, 0.25) is 0 Å². The van der Waals surface area contributed by atoms with Crippen LogP contribution < -0.4 is 4.90 Å². The lowest BCUT2D eigenvalue weighted by molar-refractivity contribution is -0.137. The molecule has 0 bridgehead atoms. The van der Waals surface area contributed by atoms with Crippen molar-refractivity contribution in [3.05, 3.63) is 23.9 Å². The molecule has 3 heterocycles. The number of carbonyl (C=O) groups is 1. The molecule has 1 aromatic rings. The van der Waals surface area contributed by atoms with E-state index in [1.54, 1.807) is 0 Å². The molecule has 1 spiro atoms. The summed E-state index contributed by atoms with van der Waals surface area (Å²) in [6.45, 7) is 2.67. The second kappa shape index (κ2) is 6.80. The summed E-state index contributed by atoms with van der Waals surface area (Å²) in [7, 11) is -2.53. The Bertz CT molecular complexity index is 787. The smallest absolute Gasteiger partial charge is 0.371 e. The Morgan fingerprint density at radius 1 is 1.35 bits per heavy atom. The number of hydrogen-bond acceptors (Lipinski definition) is 5. The predicted octanol–water partition coefficient (Wildman–Crippen LogP) is 2.48. The molecule has 2 saturated heterocycles. The molecule has 2 aliphatic heterocycles. The van der Waals surface area contributed by atoms with Crippen LogP contribution in [0.1, 0.15) is 25.3 Å². The first kappa shape index (κ1) is 19.1. The van der Waals surface area contributed by atoms with Gasteiger partial charge in [0, 0.05) is 37.7 Å². The largest absolute Gasteiger partial charge is 0.417 e. The van der Waals surface area contributed by atoms with E-state index in [1.807, 2.05) is 4.90 Å². The van der Waals surface area contributed by atoms with Gasteiger partial charge in [-0.2, -0.15) is 17.5 Å². The van der Waals surface area contributed by atoms with E-state index in [4.69, 9.17) is 4.74 Å². The Morgan fingerprint density at radius 2 is 2.04 bits per heavy atom. The van der Waals surface area contributed by atoms with Crippen molar-refractivity contribution >= 4 is 21.5 Å². The van der Waals surface area contributed by atoms with Crippen molar-refractivity contribution in [1.82, 2.24) is 4.98 Å². The maximum absolute atomic E-state index is 12.7. The fraction of sp³-hybridized carbons (Fsp3) is 0.625. The van der Waals surface area contributed by atoms with Crippen molar-refractivity contribution in [1.29, 1.82) is 0 Å². The predicted molar refractivity (Wildman–Crippen MR) is 90.4 cm³/mol. The Morgan fingerprint density at radius 3 is 2.58 bits per heavy atom. The highest BCUT2D eigenvalue weighted by Gasteiger charge is 2.42. The van der Waals surface area contributed by atoms with Crippen molar-refractivity contribution in [2.45, 2.75) is 31.5 Å². The number of pyridine rings is 1. The zero-order valence-electron chi connectivity index (χ0n) is 14.3. The average Bonchev–Trinajstić information content (AvgIpc) is 2.57. The number of hydrogen-bond donors (Lipinski definition) is 0. The molecule has 0 aliphatic carbocycles. The minimum Gasteiger partial charge on any atom is -0.371 e. The lowest BCUT2D eigenvalue weighted by atomic mass is 9.94. The fourth-order valence-corrected chi connectivity index (χ4v) is 5.56. The minimum atomic E-state index is -4.42. The Labute approximate surface area is 149 Å². The number of rotatable bonds is 1. The van der Waals surface area contributed by atoms with Crippen LogP contribution in [0.25, 0.3) is 0 Å². The first-order chi connectivity index (χ1) is 12.1. The number of nitrogens with zero attached hydrogens (tertiary/aromatic N) is 3. The van der Waals surface area contributed by atoms with Crippen LogP contribution in [0.4, 0.5) is 19.0 Å². The molecule has 6 nitrogen and oxygen atoms in total. The van der Waals surface area contributed by atoms with Gasteiger partial charge in [-0.15, -0.1) is 0 Å². The molecule has 0 aromatic carbocycles. The second-order valence-corrected chi connectivity index (χ2v) is 9.19. The molecule has 0 saturated carbocycles. The number of carbonyl (C=O) groups excluding carboxylic acids is 1. The van der Waals surface area contributed by atoms with Crippen molar-refractivity contribution < 1.29 is 26.9 Å². The summed E-state index contributed by atoms with van der Waals surface area (Å²) in [6, 6.07) is 2.38. The number of amides is 1. The zero-order valence-corrected chi connectivity index (χ0v) is 15.1. The van der Waals surface area contributed by atoms with Gasteiger partial charge in [0.1, 0.15) is 5.82 Å². The molecule has 1 amide bonds. The second-order valence-electron chi connectivity index (χ2n) is 6.65. The fourth-order valence-electron chi connectivity index (χ4n) is 3.33. The van der Waals surface area contributed by atoms with Crippen LogP contribution in [-0.2, 0) is 25.4 Å². The molecule has 26 heavy (non-hydrogen) atoms. The normalized spacial score (nSPS) is 29.6. The Hall–Kier alpha value is -1.68. The standard InChI is InChI=1S/C16H20F3N3O3S/c1-12(23)21-26(24)8-4-15(5-9-26)11-22(6-7-25-15)14-3-2-13(10-20-14)16(17,18)19/h2-3,10H,4-9,11H2,1H3. The molecule has 0 radical (unpaired) electrons. The Kier molecular flexibility index (Phi) is 5.00. The molecular weight excluding hydrogens is 371 g/mol. The van der Waals surface area contributed by atoms with Gasteiger partial charge in [-0.3, -0.25) is 4.79 Å². The monoisotopic (exact) mass is 391 g/mol. The third-order valence-electron chi connectivity index (χ3n) is 4.70. The van der Waals surface area contributed by atoms with Gasteiger partial charge < -0.3 is 9.64 Å². The van der Waals surface area contributed by atoms with E-state index in [9.17, 15) is 22.2 Å². The molecule has 2 fully saturated rings. The number of alkyl halides is 3. The summed E-state index contributed by atoms with van der Waals surface area (Å²) < 4.78 is 60.3. The minimum absolute atomic E-state index is 0.279. The van der Waals surface area contributed by atoms with E-state index in [0.29, 0.717) is 38.4 Å². The summed E-state index contributed by atoms with van der Waals surface area (Å²) in [4.78, 5) is 17.0. The maximum Gasteiger partial charge on any atom is 0.417 e. The van der Waals surface area contributed by atoms with Crippen LogP contribution in [0.15, 0.2) is 22.7 Å². The summed E-state index contributed by atoms with van der Waals surface area (Å²) in [6.07, 6.45) is -2.61. The quantitative estimate of drug-likeness (QED) is 0.736. The van der Waals surface area contributed by atoms with Crippen molar-refractivity contribution in [2.24, 2.45) is 4.36 Å². The SMILES string of the molecule is CC(=O)N=S1(=O)CCC2(CC1)CN(c1ccc(C(F)(F)F)cn1)CCO2. The summed E-state index contributed by atoms with van der Waals surface area (Å²) in [5, 5.41) is 0. The van der Waals surface area contributed by atoms with Gasteiger partial charge in [-0.05, 0) is 25.0 Å². The van der Waals surface area contributed by atoms with E-state index >= 15 is 0 Å². The van der Waals surface area contributed by atoms with Crippen LogP contribution in [0.3, 0.4) is 0 Å². The van der Waals surface area contributed by atoms with E-state index < -0.39 is 33.0 Å².